The minimum atomic E-state index is -0.412. The third kappa shape index (κ3) is 7.06. The highest BCUT2D eigenvalue weighted by Gasteiger charge is 2.22. The van der Waals surface area contributed by atoms with E-state index in [9.17, 15) is 4.79 Å². The topological polar surface area (TPSA) is 53.2 Å². The molecule has 1 unspecified atom stereocenters. The molecule has 0 saturated heterocycles. The number of hydrogen-bond donors (Lipinski definition) is 3. The minimum Gasteiger partial charge on any atom is -0.332 e. The first-order chi connectivity index (χ1) is 16.6. The zero-order chi connectivity index (χ0) is 23.8. The number of rotatable bonds is 7. The van der Waals surface area contributed by atoms with Gasteiger partial charge in [0.2, 0.25) is 5.91 Å². The van der Waals surface area contributed by atoms with Crippen LogP contribution in [0.1, 0.15) is 10.8 Å². The van der Waals surface area contributed by atoms with Gasteiger partial charge in [-0.15, -0.1) is 11.8 Å². The Morgan fingerprint density at radius 3 is 2.00 bits per heavy atom. The van der Waals surface area contributed by atoms with Crippen LogP contribution in [0, 0.1) is 3.57 Å². The van der Waals surface area contributed by atoms with Crippen LogP contribution in [0.15, 0.2) is 114 Å². The van der Waals surface area contributed by atoms with Crippen molar-refractivity contribution in [2.24, 2.45) is 0 Å². The second-order valence-corrected chi connectivity index (χ2v) is 10.2. The van der Waals surface area contributed by atoms with Crippen molar-refractivity contribution in [3.63, 3.8) is 0 Å². The Morgan fingerprint density at radius 1 is 0.706 bits per heavy atom. The van der Waals surface area contributed by atoms with Gasteiger partial charge in [-0.1, -0.05) is 54.6 Å². The van der Waals surface area contributed by atoms with Crippen LogP contribution in [-0.4, -0.2) is 11.0 Å². The second-order valence-electron chi connectivity index (χ2n) is 7.38. The number of carbonyl (C=O) groups excluding carboxylic acids is 1. The summed E-state index contributed by atoms with van der Waals surface area (Å²) < 4.78 is 1.12. The van der Waals surface area contributed by atoms with E-state index in [4.69, 9.17) is 12.2 Å². The van der Waals surface area contributed by atoms with Gasteiger partial charge in [0, 0.05) is 25.5 Å². The maximum absolute atomic E-state index is 13.3. The lowest BCUT2D eigenvalue weighted by molar-refractivity contribution is -0.115. The average molecular weight is 596 g/mol. The molecule has 0 saturated carbocycles. The molecular formula is C27H22IN3OS2. The van der Waals surface area contributed by atoms with Crippen LogP contribution in [0.5, 0.6) is 0 Å². The highest BCUT2D eigenvalue weighted by atomic mass is 127. The smallest absolute Gasteiger partial charge is 0.242 e. The number of halogens is 1. The van der Waals surface area contributed by atoms with E-state index in [1.807, 2.05) is 109 Å². The summed E-state index contributed by atoms with van der Waals surface area (Å²) in [6, 6.07) is 35.3. The molecule has 7 heteroatoms. The van der Waals surface area contributed by atoms with Gasteiger partial charge in [0.1, 0.15) is 5.25 Å². The largest absolute Gasteiger partial charge is 0.332 e. The normalized spacial score (nSPS) is 11.3. The van der Waals surface area contributed by atoms with Crippen molar-refractivity contribution < 1.29 is 4.79 Å². The molecule has 0 heterocycles. The Kier molecular flexibility index (Phi) is 8.56. The number of carbonyl (C=O) groups is 1. The summed E-state index contributed by atoms with van der Waals surface area (Å²) in [6.45, 7) is 0. The van der Waals surface area contributed by atoms with Gasteiger partial charge < -0.3 is 16.0 Å². The predicted octanol–water partition coefficient (Wildman–Crippen LogP) is 7.57. The van der Waals surface area contributed by atoms with Crippen LogP contribution in [0.2, 0.25) is 0 Å². The number of thioether (sulfide) groups is 1. The van der Waals surface area contributed by atoms with Crippen LogP contribution >= 0.6 is 46.6 Å². The zero-order valence-corrected chi connectivity index (χ0v) is 21.9. The number of nitrogens with one attached hydrogen (secondary N) is 3. The molecule has 4 nitrogen and oxygen atoms in total. The fraction of sp³-hybridized carbons (Fsp3) is 0.0370. The van der Waals surface area contributed by atoms with Crippen molar-refractivity contribution in [3.8, 4) is 0 Å². The molecule has 4 aromatic carbocycles. The maximum atomic E-state index is 13.3. The average Bonchev–Trinajstić information content (AvgIpc) is 2.85. The van der Waals surface area contributed by atoms with E-state index < -0.39 is 5.25 Å². The number of para-hydroxylation sites is 1. The molecule has 1 atom stereocenters. The Bertz CT molecular complexity index is 1250. The van der Waals surface area contributed by atoms with Gasteiger partial charge in [0.15, 0.2) is 5.11 Å². The van der Waals surface area contributed by atoms with Gasteiger partial charge >= 0.3 is 0 Å². The lowest BCUT2D eigenvalue weighted by atomic mass is 10.1. The number of amides is 1. The third-order valence-corrected chi connectivity index (χ3v) is 7.00. The summed E-state index contributed by atoms with van der Waals surface area (Å²) in [5, 5.41) is 9.54. The van der Waals surface area contributed by atoms with Gasteiger partial charge in [-0.3, -0.25) is 4.79 Å². The fourth-order valence-corrected chi connectivity index (χ4v) is 4.92. The quantitative estimate of drug-likeness (QED) is 0.117. The van der Waals surface area contributed by atoms with Crippen molar-refractivity contribution >= 4 is 74.7 Å². The van der Waals surface area contributed by atoms with E-state index in [1.54, 1.807) is 0 Å². The molecule has 1 amide bonds. The van der Waals surface area contributed by atoms with E-state index in [0.717, 1.165) is 31.1 Å². The van der Waals surface area contributed by atoms with E-state index in [2.05, 4.69) is 38.5 Å². The lowest BCUT2D eigenvalue weighted by Crippen LogP contribution is -2.19. The molecule has 0 fully saturated rings. The zero-order valence-electron chi connectivity index (χ0n) is 18.1. The molecule has 0 aliphatic carbocycles. The SMILES string of the molecule is O=C(Nc1ccc(I)cc1)C(Sc1cccc(NC(=S)Nc2ccccc2)c1)c1ccccc1. The van der Waals surface area contributed by atoms with Gasteiger partial charge in [0.05, 0.1) is 0 Å². The van der Waals surface area contributed by atoms with Crippen molar-refractivity contribution in [1.29, 1.82) is 0 Å². The molecule has 4 rings (SSSR count). The molecular weight excluding hydrogens is 573 g/mol. The molecule has 0 spiro atoms. The van der Waals surface area contributed by atoms with Crippen LogP contribution in [0.3, 0.4) is 0 Å². The Morgan fingerprint density at radius 2 is 1.29 bits per heavy atom. The predicted molar refractivity (Wildman–Crippen MR) is 156 cm³/mol. The maximum Gasteiger partial charge on any atom is 0.242 e. The number of anilines is 3. The third-order valence-electron chi connectivity index (χ3n) is 4.83. The molecule has 0 bridgehead atoms. The molecule has 0 aliphatic heterocycles. The van der Waals surface area contributed by atoms with Gasteiger partial charge in [-0.05, 0) is 95.0 Å². The molecule has 4 aromatic rings. The molecule has 34 heavy (non-hydrogen) atoms. The number of thiocarbonyl (C=S) groups is 1. The van der Waals surface area contributed by atoms with E-state index in [-0.39, 0.29) is 5.91 Å². The van der Waals surface area contributed by atoms with Gasteiger partial charge in [-0.2, -0.15) is 0 Å². The van der Waals surface area contributed by atoms with Gasteiger partial charge in [0.25, 0.3) is 0 Å². The first kappa shape index (κ1) is 24.3. The van der Waals surface area contributed by atoms with Crippen molar-refractivity contribution in [2.45, 2.75) is 10.1 Å². The standard InChI is InChI=1S/C27H22IN3OS2/c28-20-14-16-22(17-15-20)29-26(32)25(19-8-3-1-4-9-19)34-24-13-7-12-23(18-24)31-27(33)30-21-10-5-2-6-11-21/h1-18,25H,(H,29,32)(H2,30,31,33). The van der Waals surface area contributed by atoms with E-state index >= 15 is 0 Å². The second kappa shape index (κ2) is 12.0. The molecule has 0 aromatic heterocycles. The monoisotopic (exact) mass is 595 g/mol. The summed E-state index contributed by atoms with van der Waals surface area (Å²) in [4.78, 5) is 14.2. The first-order valence-corrected chi connectivity index (χ1v) is 12.9. The van der Waals surface area contributed by atoms with Gasteiger partial charge in [-0.25, -0.2) is 0 Å². The summed E-state index contributed by atoms with van der Waals surface area (Å²) in [7, 11) is 0. The van der Waals surface area contributed by atoms with E-state index in [0.29, 0.717) is 5.11 Å². The highest BCUT2D eigenvalue weighted by molar-refractivity contribution is 14.1. The van der Waals surface area contributed by atoms with Crippen molar-refractivity contribution in [2.75, 3.05) is 16.0 Å². The van der Waals surface area contributed by atoms with Crippen LogP contribution in [-0.2, 0) is 4.79 Å². The molecule has 170 valence electrons. The summed E-state index contributed by atoms with van der Waals surface area (Å²) in [5.41, 5.74) is 3.49. The summed E-state index contributed by atoms with van der Waals surface area (Å²) in [6.07, 6.45) is 0. The Labute approximate surface area is 222 Å². The molecule has 0 aliphatic rings. The number of benzene rings is 4. The first-order valence-electron chi connectivity index (χ1n) is 10.6. The number of hydrogen-bond acceptors (Lipinski definition) is 3. The summed E-state index contributed by atoms with van der Waals surface area (Å²) >= 11 is 9.20. The van der Waals surface area contributed by atoms with Crippen molar-refractivity contribution in [3.05, 3.63) is 118 Å². The lowest BCUT2D eigenvalue weighted by Gasteiger charge is -2.18. The van der Waals surface area contributed by atoms with Crippen LogP contribution in [0.4, 0.5) is 17.1 Å². The minimum absolute atomic E-state index is 0.0722. The molecule has 3 N–H and O–H groups in total. The Balaban J connectivity index is 1.49. The van der Waals surface area contributed by atoms with Crippen LogP contribution < -0.4 is 16.0 Å². The summed E-state index contributed by atoms with van der Waals surface area (Å²) in [5.74, 6) is -0.0722. The van der Waals surface area contributed by atoms with Crippen LogP contribution in [0.25, 0.3) is 0 Å². The Hall–Kier alpha value is -2.88. The fourth-order valence-electron chi connectivity index (χ4n) is 3.24. The highest BCUT2D eigenvalue weighted by Crippen LogP contribution is 2.37. The van der Waals surface area contributed by atoms with Crippen molar-refractivity contribution in [1.82, 2.24) is 0 Å². The molecule has 0 radical (unpaired) electrons. The van der Waals surface area contributed by atoms with E-state index in [1.165, 1.54) is 11.8 Å².